The highest BCUT2D eigenvalue weighted by atomic mass is 16.5. The summed E-state index contributed by atoms with van der Waals surface area (Å²) >= 11 is 0. The van der Waals surface area contributed by atoms with Gasteiger partial charge in [0.25, 0.3) is 0 Å². The van der Waals surface area contributed by atoms with Gasteiger partial charge in [0.05, 0.1) is 0 Å². The molecule has 1 aromatic carbocycles. The number of ether oxygens (including phenoxy) is 1. The van der Waals surface area contributed by atoms with E-state index >= 15 is 0 Å². The van der Waals surface area contributed by atoms with Gasteiger partial charge in [0.1, 0.15) is 12.4 Å². The summed E-state index contributed by atoms with van der Waals surface area (Å²) in [5, 5.41) is 2.79. The van der Waals surface area contributed by atoms with Crippen molar-refractivity contribution in [2.24, 2.45) is 0 Å². The van der Waals surface area contributed by atoms with Crippen LogP contribution in [-0.4, -0.2) is 18.4 Å². The minimum atomic E-state index is -0.343. The zero-order chi connectivity index (χ0) is 17.5. The third-order valence-corrected chi connectivity index (χ3v) is 3.94. The van der Waals surface area contributed by atoms with Crippen molar-refractivity contribution in [3.63, 3.8) is 0 Å². The second-order valence-electron chi connectivity index (χ2n) is 6.27. The van der Waals surface area contributed by atoms with Crippen LogP contribution in [0.15, 0.2) is 30.3 Å². The zero-order valence-electron chi connectivity index (χ0n) is 14.9. The standard InChI is InChI=1S/C20H31NO3/c1-18(22)13-9-6-4-2-3-5-7-12-16-21-20(23)24-17-19-14-10-8-11-15-19/h8,10-11,14-15H,2-7,9,12-13,16-17H2,1H3,(H,21,23). The van der Waals surface area contributed by atoms with Crippen molar-refractivity contribution in [1.29, 1.82) is 0 Å². The molecule has 4 nitrogen and oxygen atoms in total. The van der Waals surface area contributed by atoms with E-state index in [4.69, 9.17) is 4.74 Å². The second-order valence-corrected chi connectivity index (χ2v) is 6.27. The van der Waals surface area contributed by atoms with Gasteiger partial charge >= 0.3 is 6.09 Å². The van der Waals surface area contributed by atoms with Crippen molar-refractivity contribution in [2.75, 3.05) is 6.54 Å². The van der Waals surface area contributed by atoms with Gasteiger partial charge < -0.3 is 14.8 Å². The van der Waals surface area contributed by atoms with Crippen LogP contribution in [0.4, 0.5) is 4.79 Å². The summed E-state index contributed by atoms with van der Waals surface area (Å²) in [6.07, 6.45) is 9.60. The number of Topliss-reactive ketones (excluding diaryl/α,β-unsaturated/α-hetero) is 1. The zero-order valence-corrected chi connectivity index (χ0v) is 14.9. The fourth-order valence-electron chi connectivity index (χ4n) is 2.52. The van der Waals surface area contributed by atoms with E-state index < -0.39 is 0 Å². The molecular formula is C20H31NO3. The molecule has 0 bridgehead atoms. The van der Waals surface area contributed by atoms with E-state index in [-0.39, 0.29) is 6.09 Å². The van der Waals surface area contributed by atoms with E-state index in [1.165, 1.54) is 25.7 Å². The molecule has 24 heavy (non-hydrogen) atoms. The molecule has 0 spiro atoms. The van der Waals surface area contributed by atoms with E-state index in [0.717, 1.165) is 37.7 Å². The van der Waals surface area contributed by atoms with Crippen LogP contribution in [0.5, 0.6) is 0 Å². The topological polar surface area (TPSA) is 55.4 Å². The van der Waals surface area contributed by atoms with Crippen LogP contribution in [0.1, 0.15) is 70.3 Å². The Balaban J connectivity index is 1.84. The molecule has 0 aliphatic heterocycles. The molecule has 1 aromatic rings. The Morgan fingerprint density at radius 1 is 0.875 bits per heavy atom. The van der Waals surface area contributed by atoms with Gasteiger partial charge in [-0.25, -0.2) is 4.79 Å². The Labute approximate surface area is 146 Å². The quantitative estimate of drug-likeness (QED) is 0.516. The summed E-state index contributed by atoms with van der Waals surface area (Å²) in [5.41, 5.74) is 0.996. The molecule has 0 radical (unpaired) electrons. The Kier molecular flexibility index (Phi) is 11.4. The smallest absolute Gasteiger partial charge is 0.407 e. The SMILES string of the molecule is CC(=O)CCCCCCCCCCNC(=O)OCc1ccccc1. The van der Waals surface area contributed by atoms with Crippen molar-refractivity contribution in [1.82, 2.24) is 5.32 Å². The van der Waals surface area contributed by atoms with Gasteiger partial charge in [0, 0.05) is 13.0 Å². The summed E-state index contributed by atoms with van der Waals surface area (Å²) < 4.78 is 5.15. The third-order valence-electron chi connectivity index (χ3n) is 3.94. The van der Waals surface area contributed by atoms with E-state index in [9.17, 15) is 9.59 Å². The number of benzene rings is 1. The van der Waals surface area contributed by atoms with Gasteiger partial charge in [-0.2, -0.15) is 0 Å². The fourth-order valence-corrected chi connectivity index (χ4v) is 2.52. The Hall–Kier alpha value is -1.84. The summed E-state index contributed by atoms with van der Waals surface area (Å²) in [6, 6.07) is 9.68. The number of rotatable bonds is 13. The largest absolute Gasteiger partial charge is 0.445 e. The molecule has 0 aliphatic rings. The first kappa shape index (κ1) is 20.2. The summed E-state index contributed by atoms with van der Waals surface area (Å²) in [6.45, 7) is 2.65. The predicted octanol–water partition coefficient (Wildman–Crippen LogP) is 5.01. The lowest BCUT2D eigenvalue weighted by Crippen LogP contribution is -2.25. The highest BCUT2D eigenvalue weighted by molar-refractivity contribution is 5.75. The molecule has 4 heteroatoms. The maximum Gasteiger partial charge on any atom is 0.407 e. The predicted molar refractivity (Wildman–Crippen MR) is 96.9 cm³/mol. The molecular weight excluding hydrogens is 302 g/mol. The van der Waals surface area contributed by atoms with Crippen molar-refractivity contribution < 1.29 is 14.3 Å². The first-order chi connectivity index (χ1) is 11.7. The normalized spacial score (nSPS) is 10.4. The van der Waals surface area contributed by atoms with Crippen LogP contribution < -0.4 is 5.32 Å². The number of hydrogen-bond acceptors (Lipinski definition) is 3. The van der Waals surface area contributed by atoms with Gasteiger partial charge in [-0.15, -0.1) is 0 Å². The average Bonchev–Trinajstić information content (AvgIpc) is 2.58. The number of carbonyl (C=O) groups is 2. The van der Waals surface area contributed by atoms with Crippen molar-refractivity contribution in [2.45, 2.75) is 71.3 Å². The van der Waals surface area contributed by atoms with Crippen molar-refractivity contribution >= 4 is 11.9 Å². The number of amides is 1. The summed E-state index contributed by atoms with van der Waals surface area (Å²) in [7, 11) is 0. The lowest BCUT2D eigenvalue weighted by Gasteiger charge is -2.07. The first-order valence-corrected chi connectivity index (χ1v) is 9.12. The number of hydrogen-bond donors (Lipinski definition) is 1. The van der Waals surface area contributed by atoms with E-state index in [1.807, 2.05) is 30.3 Å². The molecule has 0 aliphatic carbocycles. The van der Waals surface area contributed by atoms with Gasteiger partial charge in [-0.3, -0.25) is 0 Å². The minimum absolute atomic E-state index is 0.296. The van der Waals surface area contributed by atoms with Gasteiger partial charge in [0.15, 0.2) is 0 Å². The maximum absolute atomic E-state index is 11.5. The fraction of sp³-hybridized carbons (Fsp3) is 0.600. The first-order valence-electron chi connectivity index (χ1n) is 9.12. The molecule has 0 fully saturated rings. The molecule has 0 saturated carbocycles. The Morgan fingerprint density at radius 2 is 1.46 bits per heavy atom. The number of alkyl carbamates (subject to hydrolysis) is 1. The summed E-state index contributed by atoms with van der Waals surface area (Å²) in [4.78, 5) is 22.3. The number of nitrogens with one attached hydrogen (secondary N) is 1. The molecule has 1 N–H and O–H groups in total. The molecule has 134 valence electrons. The molecule has 0 heterocycles. The minimum Gasteiger partial charge on any atom is -0.445 e. The van der Waals surface area contributed by atoms with Crippen molar-refractivity contribution in [3.05, 3.63) is 35.9 Å². The summed E-state index contributed by atoms with van der Waals surface area (Å²) in [5.74, 6) is 0.296. The van der Waals surface area contributed by atoms with Gasteiger partial charge in [0.2, 0.25) is 0 Å². The van der Waals surface area contributed by atoms with E-state index in [2.05, 4.69) is 5.32 Å². The molecule has 0 unspecified atom stereocenters. The second kappa shape index (κ2) is 13.6. The van der Waals surface area contributed by atoms with Crippen LogP contribution in [0.25, 0.3) is 0 Å². The number of unbranched alkanes of at least 4 members (excludes halogenated alkanes) is 7. The Morgan fingerprint density at radius 3 is 2.08 bits per heavy atom. The van der Waals surface area contributed by atoms with Crippen LogP contribution in [0, 0.1) is 0 Å². The van der Waals surface area contributed by atoms with Crippen LogP contribution in [-0.2, 0) is 16.1 Å². The van der Waals surface area contributed by atoms with Gasteiger partial charge in [-0.05, 0) is 25.3 Å². The number of ketones is 1. The lowest BCUT2D eigenvalue weighted by molar-refractivity contribution is -0.117. The van der Waals surface area contributed by atoms with Crippen LogP contribution in [0.3, 0.4) is 0 Å². The lowest BCUT2D eigenvalue weighted by atomic mass is 10.1. The van der Waals surface area contributed by atoms with Crippen LogP contribution in [0.2, 0.25) is 0 Å². The number of carbonyl (C=O) groups excluding carboxylic acids is 2. The van der Waals surface area contributed by atoms with E-state index in [0.29, 0.717) is 18.9 Å². The Bertz CT molecular complexity index is 459. The van der Waals surface area contributed by atoms with Gasteiger partial charge in [-0.1, -0.05) is 68.9 Å². The van der Waals surface area contributed by atoms with E-state index in [1.54, 1.807) is 6.92 Å². The monoisotopic (exact) mass is 333 g/mol. The van der Waals surface area contributed by atoms with Crippen molar-refractivity contribution in [3.8, 4) is 0 Å². The highest BCUT2D eigenvalue weighted by Gasteiger charge is 2.01. The molecule has 1 amide bonds. The van der Waals surface area contributed by atoms with Crippen LogP contribution >= 0.6 is 0 Å². The molecule has 0 atom stereocenters. The highest BCUT2D eigenvalue weighted by Crippen LogP contribution is 2.09. The molecule has 0 saturated heterocycles. The maximum atomic E-state index is 11.5. The molecule has 0 aromatic heterocycles. The third kappa shape index (κ3) is 11.7. The molecule has 1 rings (SSSR count). The average molecular weight is 333 g/mol.